The number of hydrogen-bond donors (Lipinski definition) is 1. The number of carboxylic acids is 1. The maximum Gasteiger partial charge on any atom is 0.352 e. The summed E-state index contributed by atoms with van der Waals surface area (Å²) >= 11 is 0. The van der Waals surface area contributed by atoms with Crippen LogP contribution >= 0.6 is 0 Å². The summed E-state index contributed by atoms with van der Waals surface area (Å²) < 4.78 is 3.31. The summed E-state index contributed by atoms with van der Waals surface area (Å²) in [6, 6.07) is 1.40. The van der Waals surface area contributed by atoms with Crippen LogP contribution in [0.15, 0.2) is 24.7 Å². The molecular formula is C13H15N3O3. The SMILES string of the molecule is CC(=O)c1cc(C(=O)O)n(CCn2cc(C)cn2)c1. The molecule has 2 aromatic heterocycles. The number of carboxylic acid groups (broad SMARTS) is 1. The Morgan fingerprint density at radius 3 is 2.58 bits per heavy atom. The van der Waals surface area contributed by atoms with E-state index >= 15 is 0 Å². The summed E-state index contributed by atoms with van der Waals surface area (Å²) in [5, 5.41) is 13.2. The van der Waals surface area contributed by atoms with E-state index in [2.05, 4.69) is 5.10 Å². The van der Waals surface area contributed by atoms with E-state index in [0.29, 0.717) is 18.7 Å². The van der Waals surface area contributed by atoms with Crippen molar-refractivity contribution < 1.29 is 14.7 Å². The van der Waals surface area contributed by atoms with Crippen molar-refractivity contribution in [2.75, 3.05) is 0 Å². The molecule has 0 fully saturated rings. The van der Waals surface area contributed by atoms with E-state index in [1.807, 2.05) is 13.1 Å². The fourth-order valence-electron chi connectivity index (χ4n) is 1.87. The molecule has 0 radical (unpaired) electrons. The van der Waals surface area contributed by atoms with Crippen LogP contribution in [0.2, 0.25) is 0 Å². The lowest BCUT2D eigenvalue weighted by Gasteiger charge is -2.06. The van der Waals surface area contributed by atoms with E-state index in [0.717, 1.165) is 5.56 Å². The van der Waals surface area contributed by atoms with Crippen molar-refractivity contribution in [1.29, 1.82) is 0 Å². The van der Waals surface area contributed by atoms with Gasteiger partial charge in [-0.2, -0.15) is 5.10 Å². The molecule has 0 amide bonds. The second-order valence-electron chi connectivity index (χ2n) is 4.45. The van der Waals surface area contributed by atoms with Crippen molar-refractivity contribution >= 4 is 11.8 Å². The Morgan fingerprint density at radius 2 is 2.05 bits per heavy atom. The van der Waals surface area contributed by atoms with Crippen molar-refractivity contribution in [3.8, 4) is 0 Å². The molecule has 1 N–H and O–H groups in total. The second kappa shape index (κ2) is 5.09. The normalized spacial score (nSPS) is 10.6. The maximum atomic E-state index is 11.3. The standard InChI is InChI=1S/C13H15N3O3/c1-9-6-14-16(7-9)4-3-15-8-11(10(2)17)5-12(15)13(18)19/h5-8H,3-4H2,1-2H3,(H,18,19). The van der Waals surface area contributed by atoms with Gasteiger partial charge in [0.2, 0.25) is 0 Å². The smallest absolute Gasteiger partial charge is 0.352 e. The third-order valence-electron chi connectivity index (χ3n) is 2.85. The van der Waals surface area contributed by atoms with E-state index in [1.165, 1.54) is 13.0 Å². The lowest BCUT2D eigenvalue weighted by Crippen LogP contribution is -2.12. The zero-order valence-corrected chi connectivity index (χ0v) is 10.8. The Balaban J connectivity index is 2.18. The van der Waals surface area contributed by atoms with Crippen LogP contribution in [-0.2, 0) is 13.1 Å². The summed E-state index contributed by atoms with van der Waals surface area (Å²) in [6.07, 6.45) is 5.20. The molecular weight excluding hydrogens is 246 g/mol. The molecule has 2 heterocycles. The van der Waals surface area contributed by atoms with Gasteiger partial charge in [-0.25, -0.2) is 4.79 Å². The van der Waals surface area contributed by atoms with Crippen LogP contribution in [0.3, 0.4) is 0 Å². The lowest BCUT2D eigenvalue weighted by atomic mass is 10.2. The summed E-state index contributed by atoms with van der Waals surface area (Å²) in [5.41, 5.74) is 1.58. The average Bonchev–Trinajstić information content (AvgIpc) is 2.92. The van der Waals surface area contributed by atoms with Crippen molar-refractivity contribution in [1.82, 2.24) is 14.3 Å². The summed E-state index contributed by atoms with van der Waals surface area (Å²) in [6.45, 7) is 4.37. The number of ketones is 1. The van der Waals surface area contributed by atoms with E-state index < -0.39 is 5.97 Å². The van der Waals surface area contributed by atoms with Crippen molar-refractivity contribution in [2.45, 2.75) is 26.9 Å². The van der Waals surface area contributed by atoms with Crippen molar-refractivity contribution in [3.63, 3.8) is 0 Å². The van der Waals surface area contributed by atoms with Crippen LogP contribution in [0.4, 0.5) is 0 Å². The van der Waals surface area contributed by atoms with Crippen LogP contribution in [-0.4, -0.2) is 31.2 Å². The number of aryl methyl sites for hydroxylation is 3. The van der Waals surface area contributed by atoms with E-state index in [-0.39, 0.29) is 11.5 Å². The summed E-state index contributed by atoms with van der Waals surface area (Å²) in [5.74, 6) is -1.18. The number of rotatable bonds is 5. The van der Waals surface area contributed by atoms with Gasteiger partial charge in [0.15, 0.2) is 5.78 Å². The molecule has 0 spiro atoms. The molecule has 0 saturated carbocycles. The Bertz CT molecular complexity index is 625. The maximum absolute atomic E-state index is 11.3. The minimum absolute atomic E-state index is 0.120. The molecule has 0 unspecified atom stereocenters. The predicted molar refractivity (Wildman–Crippen MR) is 68.4 cm³/mol. The number of nitrogens with zero attached hydrogens (tertiary/aromatic N) is 3. The summed E-state index contributed by atoms with van der Waals surface area (Å²) in [4.78, 5) is 22.4. The number of aromatic carboxylic acids is 1. The largest absolute Gasteiger partial charge is 0.477 e. The fraction of sp³-hybridized carbons (Fsp3) is 0.308. The van der Waals surface area contributed by atoms with E-state index in [9.17, 15) is 9.59 Å². The first kappa shape index (κ1) is 13.1. The van der Waals surface area contributed by atoms with Crippen LogP contribution in [0.5, 0.6) is 0 Å². The predicted octanol–water partition coefficient (Wildman–Crippen LogP) is 1.59. The highest BCUT2D eigenvalue weighted by Crippen LogP contribution is 2.10. The fourth-order valence-corrected chi connectivity index (χ4v) is 1.87. The zero-order valence-electron chi connectivity index (χ0n) is 10.8. The Morgan fingerprint density at radius 1 is 1.32 bits per heavy atom. The van der Waals surface area contributed by atoms with Gasteiger partial charge in [0, 0.05) is 24.5 Å². The number of hydrogen-bond acceptors (Lipinski definition) is 3. The van der Waals surface area contributed by atoms with Gasteiger partial charge < -0.3 is 9.67 Å². The van der Waals surface area contributed by atoms with Crippen molar-refractivity contribution in [3.05, 3.63) is 41.5 Å². The minimum Gasteiger partial charge on any atom is -0.477 e. The van der Waals surface area contributed by atoms with Gasteiger partial charge in [-0.05, 0) is 25.5 Å². The van der Waals surface area contributed by atoms with E-state index in [1.54, 1.807) is 21.6 Å². The highest BCUT2D eigenvalue weighted by atomic mass is 16.4. The topological polar surface area (TPSA) is 77.1 Å². The van der Waals surface area contributed by atoms with Crippen LogP contribution in [0.25, 0.3) is 0 Å². The Kier molecular flexibility index (Phi) is 3.50. The van der Waals surface area contributed by atoms with Gasteiger partial charge in [0.25, 0.3) is 0 Å². The molecule has 6 nitrogen and oxygen atoms in total. The molecule has 100 valence electrons. The molecule has 0 aliphatic heterocycles. The molecule has 0 saturated heterocycles. The molecule has 2 rings (SSSR count). The number of carbonyl (C=O) groups is 2. The molecule has 0 aliphatic rings. The number of aromatic nitrogens is 3. The second-order valence-corrected chi connectivity index (χ2v) is 4.45. The van der Waals surface area contributed by atoms with Gasteiger partial charge in [-0.1, -0.05) is 0 Å². The Labute approximate surface area is 110 Å². The van der Waals surface area contributed by atoms with Crippen LogP contribution in [0.1, 0.15) is 33.3 Å². The van der Waals surface area contributed by atoms with Crippen LogP contribution in [0, 0.1) is 6.92 Å². The number of Topliss-reactive ketones (excluding diaryl/α,β-unsaturated/α-hetero) is 1. The highest BCUT2D eigenvalue weighted by molar-refractivity contribution is 5.97. The van der Waals surface area contributed by atoms with Gasteiger partial charge in [-0.15, -0.1) is 0 Å². The molecule has 19 heavy (non-hydrogen) atoms. The third kappa shape index (κ3) is 2.90. The summed E-state index contributed by atoms with van der Waals surface area (Å²) in [7, 11) is 0. The van der Waals surface area contributed by atoms with Gasteiger partial charge in [-0.3, -0.25) is 9.48 Å². The number of carbonyl (C=O) groups excluding carboxylic acids is 1. The minimum atomic E-state index is -1.04. The molecule has 0 bridgehead atoms. The van der Waals surface area contributed by atoms with Gasteiger partial charge in [0.05, 0.1) is 12.7 Å². The molecule has 0 aromatic carbocycles. The zero-order chi connectivity index (χ0) is 14.0. The van der Waals surface area contributed by atoms with Crippen molar-refractivity contribution in [2.24, 2.45) is 0 Å². The van der Waals surface area contributed by atoms with Crippen LogP contribution < -0.4 is 0 Å². The highest BCUT2D eigenvalue weighted by Gasteiger charge is 2.14. The average molecular weight is 261 g/mol. The van der Waals surface area contributed by atoms with Gasteiger partial charge >= 0.3 is 5.97 Å². The first-order valence-corrected chi connectivity index (χ1v) is 5.91. The first-order valence-electron chi connectivity index (χ1n) is 5.91. The lowest BCUT2D eigenvalue weighted by molar-refractivity contribution is 0.0684. The third-order valence-corrected chi connectivity index (χ3v) is 2.85. The Hall–Kier alpha value is -2.37. The molecule has 6 heteroatoms. The molecule has 0 atom stereocenters. The quantitative estimate of drug-likeness (QED) is 0.829. The monoisotopic (exact) mass is 261 g/mol. The molecule has 2 aromatic rings. The first-order chi connectivity index (χ1) is 8.97. The van der Waals surface area contributed by atoms with Gasteiger partial charge in [0.1, 0.15) is 5.69 Å². The van der Waals surface area contributed by atoms with E-state index in [4.69, 9.17) is 5.11 Å². The molecule has 0 aliphatic carbocycles.